The normalized spacial score (nSPS) is 11.9. The van der Waals surface area contributed by atoms with Gasteiger partial charge in [0.1, 0.15) is 0 Å². The van der Waals surface area contributed by atoms with Crippen molar-refractivity contribution in [3.63, 3.8) is 0 Å². The Hall–Kier alpha value is -1.62. The number of hydrogen-bond acceptors (Lipinski definition) is 3. The average Bonchev–Trinajstić information content (AvgIpc) is 2.72. The number of rotatable bonds is 5. The van der Waals surface area contributed by atoms with Gasteiger partial charge in [0.2, 0.25) is 0 Å². The van der Waals surface area contributed by atoms with Crippen molar-refractivity contribution in [3.8, 4) is 0 Å². The fraction of sp³-hybridized carbons (Fsp3) is 0.400. The number of benzene rings is 1. The number of hydrogen-bond donors (Lipinski definition) is 2. The molecule has 3 N–H and O–H groups in total. The molecule has 1 aromatic carbocycles. The van der Waals surface area contributed by atoms with Crippen molar-refractivity contribution >= 4 is 34.3 Å². The Kier molecular flexibility index (Phi) is 3.99. The van der Waals surface area contributed by atoms with Crippen LogP contribution in [0, 0.1) is 5.41 Å². The molecule has 1 heterocycles. The molecule has 0 atom stereocenters. The second-order valence-electron chi connectivity index (χ2n) is 5.52. The maximum atomic E-state index is 11.3. The number of anilines is 1. The SMILES string of the molecule is CCSc1cc(N)cc2c1ccn2CC(C)(C)C(=O)O. The molecule has 0 aliphatic rings. The van der Waals surface area contributed by atoms with Crippen LogP contribution in [0.15, 0.2) is 29.3 Å². The zero-order valence-electron chi connectivity index (χ0n) is 12.0. The first-order chi connectivity index (χ1) is 9.35. The Morgan fingerprint density at radius 1 is 1.45 bits per heavy atom. The number of carbonyl (C=O) groups is 1. The van der Waals surface area contributed by atoms with Gasteiger partial charge in [-0.2, -0.15) is 0 Å². The molecule has 0 spiro atoms. The number of nitrogens with two attached hydrogens (primary N) is 1. The summed E-state index contributed by atoms with van der Waals surface area (Å²) < 4.78 is 1.97. The largest absolute Gasteiger partial charge is 0.481 e. The zero-order chi connectivity index (χ0) is 14.9. The molecule has 2 aromatic rings. The lowest BCUT2D eigenvalue weighted by Gasteiger charge is -2.20. The van der Waals surface area contributed by atoms with E-state index in [1.54, 1.807) is 25.6 Å². The number of thioether (sulfide) groups is 1. The molecular formula is C15H20N2O2S. The Morgan fingerprint density at radius 2 is 2.15 bits per heavy atom. The van der Waals surface area contributed by atoms with Crippen LogP contribution in [0.4, 0.5) is 5.69 Å². The van der Waals surface area contributed by atoms with Gasteiger partial charge in [0.25, 0.3) is 0 Å². The molecule has 0 bridgehead atoms. The standard InChI is InChI=1S/C15H20N2O2S/c1-4-20-13-8-10(16)7-12-11(13)5-6-17(12)9-15(2,3)14(18)19/h5-8H,4,9,16H2,1-3H3,(H,18,19). The minimum absolute atomic E-state index is 0.422. The number of carboxylic acid groups (broad SMARTS) is 1. The lowest BCUT2D eigenvalue weighted by atomic mass is 9.94. The summed E-state index contributed by atoms with van der Waals surface area (Å²) in [6.45, 7) is 5.99. The summed E-state index contributed by atoms with van der Waals surface area (Å²) in [6, 6.07) is 5.92. The Labute approximate surface area is 123 Å². The van der Waals surface area contributed by atoms with Crippen LogP contribution in [-0.2, 0) is 11.3 Å². The maximum absolute atomic E-state index is 11.3. The van der Waals surface area contributed by atoms with Gasteiger partial charge >= 0.3 is 5.97 Å². The van der Waals surface area contributed by atoms with Gasteiger partial charge in [0, 0.05) is 28.7 Å². The number of nitrogens with zero attached hydrogens (tertiary/aromatic N) is 1. The maximum Gasteiger partial charge on any atom is 0.310 e. The summed E-state index contributed by atoms with van der Waals surface area (Å²) >= 11 is 1.75. The van der Waals surface area contributed by atoms with Gasteiger partial charge in [-0.05, 0) is 37.8 Å². The highest BCUT2D eigenvalue weighted by molar-refractivity contribution is 7.99. The third kappa shape index (κ3) is 2.77. The van der Waals surface area contributed by atoms with Crippen molar-refractivity contribution in [1.82, 2.24) is 4.57 Å². The van der Waals surface area contributed by atoms with E-state index < -0.39 is 11.4 Å². The predicted octanol–water partition coefficient (Wildman–Crippen LogP) is 3.45. The van der Waals surface area contributed by atoms with E-state index in [-0.39, 0.29) is 0 Å². The van der Waals surface area contributed by atoms with Crippen molar-refractivity contribution in [1.29, 1.82) is 0 Å². The van der Waals surface area contributed by atoms with E-state index in [0.717, 1.165) is 21.6 Å². The van der Waals surface area contributed by atoms with Gasteiger partial charge in [-0.25, -0.2) is 0 Å². The summed E-state index contributed by atoms with van der Waals surface area (Å²) in [7, 11) is 0. The van der Waals surface area contributed by atoms with E-state index in [1.807, 2.05) is 29.0 Å². The van der Waals surface area contributed by atoms with E-state index in [0.29, 0.717) is 12.2 Å². The second kappa shape index (κ2) is 5.40. The van der Waals surface area contributed by atoms with Gasteiger partial charge in [-0.1, -0.05) is 6.92 Å². The molecule has 4 nitrogen and oxygen atoms in total. The number of nitrogen functional groups attached to an aromatic ring is 1. The minimum Gasteiger partial charge on any atom is -0.481 e. The molecule has 5 heteroatoms. The molecule has 0 saturated heterocycles. The molecule has 2 rings (SSSR count). The van der Waals surface area contributed by atoms with Crippen LogP contribution >= 0.6 is 11.8 Å². The molecule has 108 valence electrons. The number of fused-ring (bicyclic) bond motifs is 1. The van der Waals surface area contributed by atoms with Gasteiger partial charge in [0.15, 0.2) is 0 Å². The summed E-state index contributed by atoms with van der Waals surface area (Å²) in [4.78, 5) is 12.4. The Bertz CT molecular complexity index is 647. The minimum atomic E-state index is -0.811. The summed E-state index contributed by atoms with van der Waals surface area (Å²) in [5, 5.41) is 10.4. The van der Waals surface area contributed by atoms with E-state index in [9.17, 15) is 9.90 Å². The summed E-state index contributed by atoms with van der Waals surface area (Å²) in [6.07, 6.45) is 1.94. The first kappa shape index (κ1) is 14.8. The first-order valence-electron chi connectivity index (χ1n) is 6.59. The quantitative estimate of drug-likeness (QED) is 0.654. The van der Waals surface area contributed by atoms with Gasteiger partial charge in [0.05, 0.1) is 10.9 Å². The molecule has 0 amide bonds. The van der Waals surface area contributed by atoms with Crippen LogP contribution in [0.1, 0.15) is 20.8 Å². The fourth-order valence-electron chi connectivity index (χ4n) is 2.19. The predicted molar refractivity (Wildman–Crippen MR) is 84.2 cm³/mol. The highest BCUT2D eigenvalue weighted by atomic mass is 32.2. The van der Waals surface area contributed by atoms with Crippen LogP contribution in [0.25, 0.3) is 10.9 Å². The van der Waals surface area contributed by atoms with Gasteiger partial charge in [-0.3, -0.25) is 4.79 Å². The number of aliphatic carboxylic acids is 1. The van der Waals surface area contributed by atoms with Crippen molar-refractivity contribution < 1.29 is 9.90 Å². The average molecular weight is 292 g/mol. The molecule has 0 radical (unpaired) electrons. The molecule has 20 heavy (non-hydrogen) atoms. The van der Waals surface area contributed by atoms with E-state index >= 15 is 0 Å². The van der Waals surface area contributed by atoms with E-state index in [1.165, 1.54) is 0 Å². The molecular weight excluding hydrogens is 272 g/mol. The van der Waals surface area contributed by atoms with Crippen LogP contribution in [-0.4, -0.2) is 21.4 Å². The Balaban J connectivity index is 2.49. The van der Waals surface area contributed by atoms with Crippen LogP contribution in [0.5, 0.6) is 0 Å². The van der Waals surface area contributed by atoms with Gasteiger partial charge in [-0.15, -0.1) is 11.8 Å². The lowest BCUT2D eigenvalue weighted by molar-refractivity contribution is -0.147. The van der Waals surface area contributed by atoms with Crippen LogP contribution in [0.2, 0.25) is 0 Å². The van der Waals surface area contributed by atoms with Crippen molar-refractivity contribution in [3.05, 3.63) is 24.4 Å². The Morgan fingerprint density at radius 3 is 2.75 bits per heavy atom. The fourth-order valence-corrected chi connectivity index (χ4v) is 3.05. The van der Waals surface area contributed by atoms with Crippen LogP contribution < -0.4 is 5.73 Å². The number of aromatic nitrogens is 1. The van der Waals surface area contributed by atoms with Crippen molar-refractivity contribution in [2.45, 2.75) is 32.2 Å². The lowest BCUT2D eigenvalue weighted by Crippen LogP contribution is -2.28. The molecule has 0 aliphatic heterocycles. The molecule has 0 saturated carbocycles. The number of carboxylic acids is 1. The smallest absolute Gasteiger partial charge is 0.310 e. The van der Waals surface area contributed by atoms with Crippen molar-refractivity contribution in [2.24, 2.45) is 5.41 Å². The van der Waals surface area contributed by atoms with Crippen LogP contribution in [0.3, 0.4) is 0 Å². The highest BCUT2D eigenvalue weighted by Crippen LogP contribution is 2.32. The molecule has 0 aliphatic carbocycles. The zero-order valence-corrected chi connectivity index (χ0v) is 12.8. The third-order valence-electron chi connectivity index (χ3n) is 3.32. The molecule has 0 unspecified atom stereocenters. The monoisotopic (exact) mass is 292 g/mol. The highest BCUT2D eigenvalue weighted by Gasteiger charge is 2.28. The summed E-state index contributed by atoms with van der Waals surface area (Å²) in [5.74, 6) is 0.177. The third-order valence-corrected chi connectivity index (χ3v) is 4.26. The molecule has 0 fully saturated rings. The van der Waals surface area contributed by atoms with E-state index in [2.05, 4.69) is 6.92 Å². The second-order valence-corrected chi connectivity index (χ2v) is 6.82. The first-order valence-corrected chi connectivity index (χ1v) is 7.58. The molecule has 1 aromatic heterocycles. The topological polar surface area (TPSA) is 68.2 Å². The van der Waals surface area contributed by atoms with Crippen molar-refractivity contribution in [2.75, 3.05) is 11.5 Å². The summed E-state index contributed by atoms with van der Waals surface area (Å²) in [5.41, 5.74) is 6.86. The van der Waals surface area contributed by atoms with Gasteiger partial charge < -0.3 is 15.4 Å². The van der Waals surface area contributed by atoms with E-state index in [4.69, 9.17) is 5.73 Å².